The lowest BCUT2D eigenvalue weighted by Gasteiger charge is -2.28. The van der Waals surface area contributed by atoms with Gasteiger partial charge in [0, 0.05) is 12.1 Å². The Labute approximate surface area is 151 Å². The van der Waals surface area contributed by atoms with Gasteiger partial charge in [0.1, 0.15) is 4.90 Å². The first-order chi connectivity index (χ1) is 12.2. The number of carboxylic acids is 1. The van der Waals surface area contributed by atoms with E-state index >= 15 is 0 Å². The molecule has 26 heavy (non-hydrogen) atoms. The molecule has 140 valence electrons. The smallest absolute Gasteiger partial charge is 0.305 e. The maximum atomic E-state index is 12.6. The molecule has 1 heterocycles. The highest BCUT2D eigenvalue weighted by molar-refractivity contribution is 7.90. The van der Waals surface area contributed by atoms with Crippen LogP contribution in [0.1, 0.15) is 59.7 Å². The highest BCUT2D eigenvalue weighted by atomic mass is 32.2. The van der Waals surface area contributed by atoms with Crippen molar-refractivity contribution in [1.29, 1.82) is 0 Å². The van der Waals surface area contributed by atoms with E-state index < -0.39 is 33.3 Å². The van der Waals surface area contributed by atoms with Gasteiger partial charge in [-0.1, -0.05) is 12.8 Å². The number of nitrogens with zero attached hydrogens (tertiary/aromatic N) is 1. The number of sulfonamides is 1. The lowest BCUT2D eigenvalue weighted by atomic mass is 9.92. The summed E-state index contributed by atoms with van der Waals surface area (Å²) in [6.45, 7) is 1.57. The van der Waals surface area contributed by atoms with E-state index in [0.29, 0.717) is 12.8 Å². The molecule has 1 fully saturated rings. The van der Waals surface area contributed by atoms with Crippen molar-refractivity contribution in [1.82, 2.24) is 9.62 Å². The van der Waals surface area contributed by atoms with Gasteiger partial charge in [-0.2, -0.15) is 0 Å². The van der Waals surface area contributed by atoms with Gasteiger partial charge in [0.25, 0.3) is 21.8 Å². The van der Waals surface area contributed by atoms with E-state index in [1.807, 2.05) is 0 Å². The molecule has 1 aromatic carbocycles. The predicted molar refractivity (Wildman–Crippen MR) is 91.3 cm³/mol. The Kier molecular flexibility index (Phi) is 4.51. The zero-order valence-corrected chi connectivity index (χ0v) is 15.1. The number of hydrogen-bond donors (Lipinski definition) is 2. The zero-order valence-electron chi connectivity index (χ0n) is 14.3. The molecule has 1 saturated carbocycles. The number of amides is 2. The van der Waals surface area contributed by atoms with Gasteiger partial charge in [-0.05, 0) is 38.0 Å². The number of aliphatic carboxylic acids is 1. The van der Waals surface area contributed by atoms with Crippen LogP contribution in [0.25, 0.3) is 0 Å². The average molecular weight is 380 g/mol. The Morgan fingerprint density at radius 3 is 2.50 bits per heavy atom. The van der Waals surface area contributed by atoms with Crippen LogP contribution in [-0.2, 0) is 14.8 Å². The Bertz CT molecular complexity index is 887. The minimum Gasteiger partial charge on any atom is -0.481 e. The number of fused-ring (bicyclic) bond motifs is 1. The first-order valence-corrected chi connectivity index (χ1v) is 9.90. The quantitative estimate of drug-likeness (QED) is 0.796. The molecule has 0 bridgehead atoms. The third-order valence-corrected chi connectivity index (χ3v) is 6.88. The molecule has 2 aliphatic rings. The van der Waals surface area contributed by atoms with Crippen molar-refractivity contribution in [2.75, 3.05) is 6.54 Å². The zero-order chi connectivity index (χ0) is 19.1. The molecule has 0 saturated heterocycles. The lowest BCUT2D eigenvalue weighted by Crippen LogP contribution is -2.47. The topological polar surface area (TPSA) is 121 Å². The third-order valence-electron chi connectivity index (χ3n) is 4.98. The number of benzene rings is 1. The summed E-state index contributed by atoms with van der Waals surface area (Å²) in [7, 11) is -3.95. The van der Waals surface area contributed by atoms with Gasteiger partial charge < -0.3 is 10.4 Å². The van der Waals surface area contributed by atoms with Crippen LogP contribution in [0.15, 0.2) is 23.1 Å². The van der Waals surface area contributed by atoms with Gasteiger partial charge >= 0.3 is 5.97 Å². The number of rotatable bonds is 5. The Morgan fingerprint density at radius 2 is 1.92 bits per heavy atom. The molecule has 0 aromatic heterocycles. The normalized spacial score (nSPS) is 20.0. The van der Waals surface area contributed by atoms with Crippen molar-refractivity contribution < 1.29 is 27.9 Å². The van der Waals surface area contributed by atoms with E-state index in [2.05, 4.69) is 5.32 Å². The number of carbonyl (C=O) groups excluding carboxylic acids is 2. The van der Waals surface area contributed by atoms with Gasteiger partial charge in [-0.3, -0.25) is 14.4 Å². The van der Waals surface area contributed by atoms with Crippen molar-refractivity contribution in [3.63, 3.8) is 0 Å². The number of carboxylic acid groups (broad SMARTS) is 1. The van der Waals surface area contributed by atoms with Crippen molar-refractivity contribution in [2.24, 2.45) is 0 Å². The summed E-state index contributed by atoms with van der Waals surface area (Å²) < 4.78 is 25.7. The Morgan fingerprint density at radius 1 is 1.27 bits per heavy atom. The number of hydrogen-bond acceptors (Lipinski definition) is 5. The van der Waals surface area contributed by atoms with E-state index in [1.165, 1.54) is 18.2 Å². The van der Waals surface area contributed by atoms with Gasteiger partial charge in [0.05, 0.1) is 17.5 Å². The van der Waals surface area contributed by atoms with Crippen LogP contribution in [0.3, 0.4) is 0 Å². The molecule has 1 aliphatic carbocycles. The van der Waals surface area contributed by atoms with Crippen LogP contribution in [0.4, 0.5) is 0 Å². The van der Waals surface area contributed by atoms with Crippen molar-refractivity contribution in [3.05, 3.63) is 29.3 Å². The van der Waals surface area contributed by atoms with Gasteiger partial charge in [-0.15, -0.1) is 0 Å². The molecule has 2 N–H and O–H groups in total. The van der Waals surface area contributed by atoms with Crippen LogP contribution < -0.4 is 5.32 Å². The molecule has 9 heteroatoms. The maximum absolute atomic E-state index is 12.6. The molecule has 2 amide bonds. The van der Waals surface area contributed by atoms with Crippen molar-refractivity contribution in [2.45, 2.75) is 49.5 Å². The van der Waals surface area contributed by atoms with Crippen molar-refractivity contribution in [3.8, 4) is 0 Å². The predicted octanol–water partition coefficient (Wildman–Crippen LogP) is 1.37. The van der Waals surface area contributed by atoms with Gasteiger partial charge in [0.2, 0.25) is 0 Å². The van der Waals surface area contributed by atoms with Crippen LogP contribution >= 0.6 is 0 Å². The van der Waals surface area contributed by atoms with Gasteiger partial charge in [0.15, 0.2) is 0 Å². The van der Waals surface area contributed by atoms with E-state index in [-0.39, 0.29) is 29.0 Å². The molecule has 0 atom stereocenters. The second kappa shape index (κ2) is 6.39. The van der Waals surface area contributed by atoms with E-state index in [0.717, 1.165) is 17.1 Å². The standard InChI is InChI=1S/C17H20N2O6S/c1-2-19-16(23)12-6-5-11(9-13(12)26(19,24)25)15(22)18-17(10-14(20)21)7-3-4-8-17/h5-6,9H,2-4,7-8,10H2,1H3,(H,18,22)(H,20,21). The SMILES string of the molecule is CCN1C(=O)c2ccc(C(=O)NC3(CC(=O)O)CCCC3)cc2S1(=O)=O. The minimum absolute atomic E-state index is 0.0130. The first kappa shape index (κ1) is 18.4. The summed E-state index contributed by atoms with van der Waals surface area (Å²) in [5, 5.41) is 11.9. The van der Waals surface area contributed by atoms with Crippen molar-refractivity contribution >= 4 is 27.8 Å². The summed E-state index contributed by atoms with van der Waals surface area (Å²) in [5.74, 6) is -2.13. The molecule has 0 radical (unpaired) electrons. The highest BCUT2D eigenvalue weighted by Gasteiger charge is 2.41. The fraction of sp³-hybridized carbons (Fsp3) is 0.471. The van der Waals surface area contributed by atoms with Crippen LogP contribution in [0, 0.1) is 0 Å². The second-order valence-corrected chi connectivity index (χ2v) is 8.53. The van der Waals surface area contributed by atoms with Crippen LogP contribution in [0.5, 0.6) is 0 Å². The van der Waals surface area contributed by atoms with Crippen LogP contribution in [0.2, 0.25) is 0 Å². The molecule has 1 aromatic rings. The molecule has 0 unspecified atom stereocenters. The summed E-state index contributed by atoms with van der Waals surface area (Å²) in [4.78, 5) is 35.8. The number of carbonyl (C=O) groups is 3. The molecule has 1 aliphatic heterocycles. The van der Waals surface area contributed by atoms with E-state index in [4.69, 9.17) is 5.11 Å². The van der Waals surface area contributed by atoms with Gasteiger partial charge in [-0.25, -0.2) is 12.7 Å². The van der Waals surface area contributed by atoms with Crippen LogP contribution in [-0.4, -0.2) is 47.7 Å². The second-order valence-electron chi connectivity index (χ2n) is 6.70. The Hall–Kier alpha value is -2.42. The highest BCUT2D eigenvalue weighted by Crippen LogP contribution is 2.34. The summed E-state index contributed by atoms with van der Waals surface area (Å²) in [5.41, 5.74) is -0.675. The molecular formula is C17H20N2O6S. The fourth-order valence-electron chi connectivity index (χ4n) is 3.73. The fourth-order valence-corrected chi connectivity index (χ4v) is 5.33. The Balaban J connectivity index is 1.91. The molecule has 3 rings (SSSR count). The summed E-state index contributed by atoms with van der Waals surface area (Å²) in [6.07, 6.45) is 2.61. The summed E-state index contributed by atoms with van der Waals surface area (Å²) in [6, 6.07) is 3.92. The van der Waals surface area contributed by atoms with E-state index in [9.17, 15) is 22.8 Å². The lowest BCUT2D eigenvalue weighted by molar-refractivity contribution is -0.138. The first-order valence-electron chi connectivity index (χ1n) is 8.46. The minimum atomic E-state index is -3.95. The molecule has 0 spiro atoms. The molecule has 8 nitrogen and oxygen atoms in total. The monoisotopic (exact) mass is 380 g/mol. The average Bonchev–Trinajstić information content (AvgIpc) is 3.08. The number of nitrogens with one attached hydrogen (secondary N) is 1. The van der Waals surface area contributed by atoms with E-state index in [1.54, 1.807) is 6.92 Å². The molecular weight excluding hydrogens is 360 g/mol. The third kappa shape index (κ3) is 2.96. The largest absolute Gasteiger partial charge is 0.481 e. The maximum Gasteiger partial charge on any atom is 0.305 e. The summed E-state index contributed by atoms with van der Waals surface area (Å²) >= 11 is 0.